The first-order valence-corrected chi connectivity index (χ1v) is 7.23. The maximum absolute atomic E-state index is 9.86. The standard InChI is InChI=1S/C18H20N2O/c1-2-18(21)15-9-11-17(12-10-15)20(14-6-13-19)16-7-4-3-5-8-16/h3-5,7-12,18,21H,2,6,14H2,1H3/t18-/m1/s1. The lowest BCUT2D eigenvalue weighted by molar-refractivity contribution is 0.173. The Morgan fingerprint density at radius 2 is 1.67 bits per heavy atom. The van der Waals surface area contributed by atoms with Gasteiger partial charge < -0.3 is 10.0 Å². The molecule has 0 aliphatic rings. The van der Waals surface area contributed by atoms with Gasteiger partial charge in [0.1, 0.15) is 0 Å². The second-order valence-electron chi connectivity index (χ2n) is 4.91. The summed E-state index contributed by atoms with van der Waals surface area (Å²) in [5.41, 5.74) is 3.02. The highest BCUT2D eigenvalue weighted by Gasteiger charge is 2.10. The molecule has 0 fully saturated rings. The fourth-order valence-electron chi connectivity index (χ4n) is 2.29. The molecule has 0 aliphatic carbocycles. The molecule has 3 nitrogen and oxygen atoms in total. The summed E-state index contributed by atoms with van der Waals surface area (Å²) in [7, 11) is 0. The molecule has 21 heavy (non-hydrogen) atoms. The molecular weight excluding hydrogens is 260 g/mol. The molecule has 3 heteroatoms. The molecule has 0 aliphatic heterocycles. The lowest BCUT2D eigenvalue weighted by atomic mass is 10.1. The minimum absolute atomic E-state index is 0.414. The van der Waals surface area contributed by atoms with Crippen LogP contribution in [0.4, 0.5) is 11.4 Å². The van der Waals surface area contributed by atoms with Gasteiger partial charge >= 0.3 is 0 Å². The molecule has 0 bridgehead atoms. The molecule has 0 amide bonds. The molecule has 0 heterocycles. The normalized spacial score (nSPS) is 11.7. The molecule has 0 aromatic heterocycles. The average Bonchev–Trinajstić information content (AvgIpc) is 2.56. The van der Waals surface area contributed by atoms with E-state index in [4.69, 9.17) is 5.26 Å². The zero-order valence-corrected chi connectivity index (χ0v) is 12.2. The Hall–Kier alpha value is -2.31. The lowest BCUT2D eigenvalue weighted by Crippen LogP contribution is -2.18. The predicted molar refractivity (Wildman–Crippen MR) is 85.4 cm³/mol. The van der Waals surface area contributed by atoms with Crippen molar-refractivity contribution in [2.24, 2.45) is 0 Å². The smallest absolute Gasteiger partial charge is 0.0787 e. The van der Waals surface area contributed by atoms with E-state index in [0.29, 0.717) is 19.4 Å². The maximum atomic E-state index is 9.86. The number of hydrogen-bond donors (Lipinski definition) is 1. The van der Waals surface area contributed by atoms with Gasteiger partial charge in [-0.3, -0.25) is 0 Å². The van der Waals surface area contributed by atoms with Gasteiger partial charge in [0.05, 0.1) is 18.6 Å². The van der Waals surface area contributed by atoms with Crippen LogP contribution in [0, 0.1) is 11.3 Å². The number of hydrogen-bond acceptors (Lipinski definition) is 3. The van der Waals surface area contributed by atoms with E-state index in [1.54, 1.807) is 0 Å². The van der Waals surface area contributed by atoms with E-state index in [9.17, 15) is 5.11 Å². The average molecular weight is 280 g/mol. The molecule has 1 atom stereocenters. The molecule has 2 aromatic rings. The SMILES string of the molecule is CC[C@@H](O)c1ccc(N(CCC#N)c2ccccc2)cc1. The number of nitrogens with zero attached hydrogens (tertiary/aromatic N) is 2. The second kappa shape index (κ2) is 7.47. The van der Waals surface area contributed by atoms with Crippen molar-refractivity contribution >= 4 is 11.4 Å². The monoisotopic (exact) mass is 280 g/mol. The van der Waals surface area contributed by atoms with Crippen molar-refractivity contribution in [2.45, 2.75) is 25.9 Å². The summed E-state index contributed by atoms with van der Waals surface area (Å²) < 4.78 is 0. The highest BCUT2D eigenvalue weighted by atomic mass is 16.3. The fourth-order valence-corrected chi connectivity index (χ4v) is 2.29. The highest BCUT2D eigenvalue weighted by molar-refractivity contribution is 5.63. The summed E-state index contributed by atoms with van der Waals surface area (Å²) in [5, 5.41) is 18.7. The second-order valence-corrected chi connectivity index (χ2v) is 4.91. The molecule has 0 radical (unpaired) electrons. The Labute approximate surface area is 126 Å². The number of benzene rings is 2. The van der Waals surface area contributed by atoms with Crippen molar-refractivity contribution in [3.63, 3.8) is 0 Å². The first-order valence-electron chi connectivity index (χ1n) is 7.23. The van der Waals surface area contributed by atoms with Crippen LogP contribution in [-0.2, 0) is 0 Å². The highest BCUT2D eigenvalue weighted by Crippen LogP contribution is 2.27. The van der Waals surface area contributed by atoms with Gasteiger partial charge in [0.15, 0.2) is 0 Å². The molecule has 108 valence electrons. The number of rotatable bonds is 6. The summed E-state index contributed by atoms with van der Waals surface area (Å²) >= 11 is 0. The molecule has 0 saturated heterocycles. The van der Waals surface area contributed by atoms with E-state index in [-0.39, 0.29) is 0 Å². The number of nitriles is 1. The van der Waals surface area contributed by atoms with Crippen molar-refractivity contribution in [1.82, 2.24) is 0 Å². The third kappa shape index (κ3) is 3.84. The van der Waals surface area contributed by atoms with E-state index >= 15 is 0 Å². The van der Waals surface area contributed by atoms with E-state index in [0.717, 1.165) is 16.9 Å². The first kappa shape index (κ1) is 15.1. The third-order valence-corrected chi connectivity index (χ3v) is 3.49. The Kier molecular flexibility index (Phi) is 5.36. The summed E-state index contributed by atoms with van der Waals surface area (Å²) in [6, 6.07) is 20.1. The zero-order chi connectivity index (χ0) is 15.1. The van der Waals surface area contributed by atoms with Gasteiger partial charge in [-0.25, -0.2) is 0 Å². The topological polar surface area (TPSA) is 47.3 Å². The van der Waals surface area contributed by atoms with Crippen LogP contribution in [-0.4, -0.2) is 11.7 Å². The number of para-hydroxylation sites is 1. The quantitative estimate of drug-likeness (QED) is 0.863. The van der Waals surface area contributed by atoms with Crippen LogP contribution in [0.25, 0.3) is 0 Å². The molecule has 0 unspecified atom stereocenters. The van der Waals surface area contributed by atoms with Crippen molar-refractivity contribution < 1.29 is 5.11 Å². The molecule has 0 spiro atoms. The Balaban J connectivity index is 2.27. The summed E-state index contributed by atoms with van der Waals surface area (Å²) in [6.45, 7) is 2.61. The maximum Gasteiger partial charge on any atom is 0.0787 e. The van der Waals surface area contributed by atoms with Gasteiger partial charge in [0, 0.05) is 17.9 Å². The largest absolute Gasteiger partial charge is 0.388 e. The van der Waals surface area contributed by atoms with Crippen molar-refractivity contribution in [2.75, 3.05) is 11.4 Å². The summed E-state index contributed by atoms with van der Waals surface area (Å²) in [6.07, 6.45) is 0.757. The predicted octanol–water partition coefficient (Wildman–Crippen LogP) is 4.18. The molecule has 0 saturated carbocycles. The lowest BCUT2D eigenvalue weighted by Gasteiger charge is -2.24. The van der Waals surface area contributed by atoms with Gasteiger partial charge in [0.25, 0.3) is 0 Å². The van der Waals surface area contributed by atoms with Gasteiger partial charge in [-0.2, -0.15) is 5.26 Å². The van der Waals surface area contributed by atoms with Crippen molar-refractivity contribution in [1.29, 1.82) is 5.26 Å². The van der Waals surface area contributed by atoms with Gasteiger partial charge in [0.2, 0.25) is 0 Å². The fraction of sp³-hybridized carbons (Fsp3) is 0.278. The molecule has 2 rings (SSSR count). The van der Waals surface area contributed by atoms with Crippen LogP contribution in [0.5, 0.6) is 0 Å². The first-order chi connectivity index (χ1) is 10.3. The molecule has 2 aromatic carbocycles. The van der Waals surface area contributed by atoms with E-state index in [1.807, 2.05) is 61.5 Å². The van der Waals surface area contributed by atoms with Crippen LogP contribution in [0.1, 0.15) is 31.4 Å². The van der Waals surface area contributed by atoms with Gasteiger partial charge in [-0.05, 0) is 36.2 Å². The Bertz CT molecular complexity index is 587. The van der Waals surface area contributed by atoms with Crippen LogP contribution in [0.3, 0.4) is 0 Å². The third-order valence-electron chi connectivity index (χ3n) is 3.49. The Morgan fingerprint density at radius 3 is 2.24 bits per heavy atom. The van der Waals surface area contributed by atoms with Crippen LogP contribution in [0.2, 0.25) is 0 Å². The van der Waals surface area contributed by atoms with Gasteiger partial charge in [-0.1, -0.05) is 37.3 Å². The van der Waals surface area contributed by atoms with E-state index in [1.165, 1.54) is 0 Å². The van der Waals surface area contributed by atoms with Crippen LogP contribution < -0.4 is 4.90 Å². The summed E-state index contributed by atoms with van der Waals surface area (Å²) in [5.74, 6) is 0. The number of aliphatic hydroxyl groups is 1. The molecular formula is C18H20N2O. The minimum Gasteiger partial charge on any atom is -0.388 e. The minimum atomic E-state index is -0.414. The zero-order valence-electron chi connectivity index (χ0n) is 12.2. The van der Waals surface area contributed by atoms with Crippen LogP contribution >= 0.6 is 0 Å². The van der Waals surface area contributed by atoms with Crippen molar-refractivity contribution in [3.8, 4) is 6.07 Å². The van der Waals surface area contributed by atoms with E-state index < -0.39 is 6.10 Å². The van der Waals surface area contributed by atoms with E-state index in [2.05, 4.69) is 11.0 Å². The van der Waals surface area contributed by atoms with Crippen LogP contribution in [0.15, 0.2) is 54.6 Å². The molecule has 1 N–H and O–H groups in total. The number of aliphatic hydroxyl groups excluding tert-OH is 1. The van der Waals surface area contributed by atoms with Gasteiger partial charge in [-0.15, -0.1) is 0 Å². The van der Waals surface area contributed by atoms with Crippen molar-refractivity contribution in [3.05, 3.63) is 60.2 Å². The number of anilines is 2. The Morgan fingerprint density at radius 1 is 1.05 bits per heavy atom. The summed E-state index contributed by atoms with van der Waals surface area (Å²) in [4.78, 5) is 2.12.